The van der Waals surface area contributed by atoms with Gasteiger partial charge in [0.25, 0.3) is 5.91 Å². The number of aliphatic hydroxyl groups is 1. The van der Waals surface area contributed by atoms with E-state index in [1.165, 1.54) is 19.1 Å². The summed E-state index contributed by atoms with van der Waals surface area (Å²) in [4.78, 5) is 15.2. The van der Waals surface area contributed by atoms with Crippen molar-refractivity contribution in [2.45, 2.75) is 50.0 Å². The Morgan fingerprint density at radius 3 is 2.61 bits per heavy atom. The van der Waals surface area contributed by atoms with E-state index in [0.29, 0.717) is 23.8 Å². The van der Waals surface area contributed by atoms with Gasteiger partial charge in [0.15, 0.2) is 6.29 Å². The van der Waals surface area contributed by atoms with E-state index in [9.17, 15) is 9.90 Å². The number of carbonyl (C=O) groups excluding carboxylic acids is 1. The zero-order valence-corrected chi connectivity index (χ0v) is 10.3. The highest BCUT2D eigenvalue weighted by Gasteiger charge is 2.54. The van der Waals surface area contributed by atoms with Crippen molar-refractivity contribution in [2.24, 2.45) is 22.7 Å². The first-order valence-corrected chi connectivity index (χ1v) is 6.93. The zero-order valence-electron chi connectivity index (χ0n) is 10.3. The maximum Gasteiger partial charge on any atom is 0.264 e. The second kappa shape index (κ2) is 3.54. The van der Waals surface area contributed by atoms with E-state index in [-0.39, 0.29) is 12.2 Å². The summed E-state index contributed by atoms with van der Waals surface area (Å²) in [7, 11) is 0. The second-order valence-electron chi connectivity index (χ2n) is 6.58. The summed E-state index contributed by atoms with van der Waals surface area (Å²) in [5.41, 5.74) is -0.392. The first kappa shape index (κ1) is 10.9. The summed E-state index contributed by atoms with van der Waals surface area (Å²) in [5.74, 6) is 1.70. The van der Waals surface area contributed by atoms with E-state index < -0.39 is 5.60 Å². The lowest BCUT2D eigenvalue weighted by atomic mass is 9.52. The molecule has 1 aliphatic heterocycles. The fourth-order valence-electron chi connectivity index (χ4n) is 4.87. The van der Waals surface area contributed by atoms with Gasteiger partial charge in [-0.05, 0) is 49.9 Å². The summed E-state index contributed by atoms with van der Waals surface area (Å²) in [6.07, 6.45) is 6.38. The zero-order chi connectivity index (χ0) is 12.3. The number of amides is 1. The molecule has 18 heavy (non-hydrogen) atoms. The molecule has 3 unspecified atom stereocenters. The van der Waals surface area contributed by atoms with Crippen molar-refractivity contribution >= 4 is 12.1 Å². The Labute approximate surface area is 106 Å². The molecule has 98 valence electrons. The van der Waals surface area contributed by atoms with E-state index in [2.05, 4.69) is 15.6 Å². The van der Waals surface area contributed by atoms with Crippen molar-refractivity contribution in [1.82, 2.24) is 10.6 Å². The van der Waals surface area contributed by atoms with Gasteiger partial charge in [0, 0.05) is 6.04 Å². The smallest absolute Gasteiger partial charge is 0.264 e. The first-order chi connectivity index (χ1) is 8.61. The third-order valence-corrected chi connectivity index (χ3v) is 5.21. The van der Waals surface area contributed by atoms with Crippen molar-refractivity contribution in [2.75, 3.05) is 0 Å². The molecular formula is C13H19N3O2. The molecule has 0 spiro atoms. The number of nitrogens with one attached hydrogen (secondary N) is 2. The molecule has 5 rings (SSSR count). The predicted molar refractivity (Wildman–Crippen MR) is 65.9 cm³/mol. The standard InChI is InChI=1S/C13H19N3O2/c17-10-6-14-12(15-10)16-11-8-1-7-2-9(11)5-13(18,3-7)4-8/h6-9,11-12,16,18H,1-5H2,(H,15,17). The molecule has 4 bridgehead atoms. The van der Waals surface area contributed by atoms with Crippen LogP contribution in [0.15, 0.2) is 4.99 Å². The lowest BCUT2D eigenvalue weighted by Crippen LogP contribution is -2.63. The Bertz CT molecular complexity index is 406. The van der Waals surface area contributed by atoms with Crippen LogP contribution in [0.4, 0.5) is 0 Å². The molecule has 3 N–H and O–H groups in total. The Morgan fingerprint density at radius 1 is 1.33 bits per heavy atom. The quantitative estimate of drug-likeness (QED) is 0.645. The molecular weight excluding hydrogens is 230 g/mol. The van der Waals surface area contributed by atoms with E-state index in [0.717, 1.165) is 19.3 Å². The van der Waals surface area contributed by atoms with Crippen LogP contribution in [-0.2, 0) is 4.79 Å². The van der Waals surface area contributed by atoms with Crippen molar-refractivity contribution < 1.29 is 9.90 Å². The molecule has 0 saturated heterocycles. The van der Waals surface area contributed by atoms with Crippen LogP contribution in [0.3, 0.4) is 0 Å². The number of hydrogen-bond acceptors (Lipinski definition) is 4. The SMILES string of the molecule is O=C1C=NC(NC2C3CC4CC2CC(O)(C4)C3)N1. The minimum Gasteiger partial charge on any atom is -0.390 e. The second-order valence-corrected chi connectivity index (χ2v) is 6.58. The van der Waals surface area contributed by atoms with Crippen LogP contribution in [0.25, 0.3) is 0 Å². The first-order valence-electron chi connectivity index (χ1n) is 6.93. The Hall–Kier alpha value is -0.940. The predicted octanol–water partition coefficient (Wildman–Crippen LogP) is -0.000200. The molecule has 0 aromatic rings. The lowest BCUT2D eigenvalue weighted by Gasteiger charge is -2.58. The molecule has 4 aliphatic carbocycles. The number of aliphatic imine (C=N–C) groups is 1. The summed E-state index contributed by atoms with van der Waals surface area (Å²) >= 11 is 0. The number of nitrogens with zero attached hydrogens (tertiary/aromatic N) is 1. The van der Waals surface area contributed by atoms with E-state index in [4.69, 9.17) is 0 Å². The fourth-order valence-corrected chi connectivity index (χ4v) is 4.87. The van der Waals surface area contributed by atoms with Gasteiger partial charge in [-0.3, -0.25) is 10.1 Å². The van der Waals surface area contributed by atoms with Gasteiger partial charge in [-0.15, -0.1) is 0 Å². The third kappa shape index (κ3) is 1.61. The van der Waals surface area contributed by atoms with Crippen molar-refractivity contribution in [1.29, 1.82) is 0 Å². The number of rotatable bonds is 2. The summed E-state index contributed by atoms with van der Waals surface area (Å²) in [6.45, 7) is 0. The minimum absolute atomic E-state index is 0.116. The van der Waals surface area contributed by atoms with Gasteiger partial charge in [0.05, 0.1) is 11.8 Å². The van der Waals surface area contributed by atoms with Crippen LogP contribution >= 0.6 is 0 Å². The van der Waals surface area contributed by atoms with Gasteiger partial charge >= 0.3 is 0 Å². The summed E-state index contributed by atoms with van der Waals surface area (Å²) in [6, 6.07) is 0.405. The molecule has 1 amide bonds. The van der Waals surface area contributed by atoms with Gasteiger partial charge in [0.1, 0.15) is 0 Å². The van der Waals surface area contributed by atoms with Crippen LogP contribution in [0.5, 0.6) is 0 Å². The monoisotopic (exact) mass is 249 g/mol. The molecule has 0 aromatic carbocycles. The summed E-state index contributed by atoms with van der Waals surface area (Å²) < 4.78 is 0. The van der Waals surface area contributed by atoms with Crippen molar-refractivity contribution in [3.63, 3.8) is 0 Å². The Kier molecular flexibility index (Phi) is 2.15. The molecule has 5 nitrogen and oxygen atoms in total. The maximum absolute atomic E-state index is 11.1. The molecule has 0 aromatic heterocycles. The van der Waals surface area contributed by atoms with Crippen LogP contribution in [0.2, 0.25) is 0 Å². The van der Waals surface area contributed by atoms with Crippen LogP contribution in [0.1, 0.15) is 32.1 Å². The highest BCUT2D eigenvalue weighted by molar-refractivity contribution is 6.27. The van der Waals surface area contributed by atoms with E-state index >= 15 is 0 Å². The molecule has 4 saturated carbocycles. The van der Waals surface area contributed by atoms with Gasteiger partial charge in [-0.1, -0.05) is 0 Å². The van der Waals surface area contributed by atoms with Crippen LogP contribution < -0.4 is 10.6 Å². The Balaban J connectivity index is 1.50. The highest BCUT2D eigenvalue weighted by Crippen LogP contribution is 2.55. The molecule has 3 atom stereocenters. The average Bonchev–Trinajstić information content (AvgIpc) is 2.67. The van der Waals surface area contributed by atoms with Crippen molar-refractivity contribution in [3.8, 4) is 0 Å². The topological polar surface area (TPSA) is 73.7 Å². The normalized spacial score (nSPS) is 52.9. The molecule has 0 radical (unpaired) electrons. The van der Waals surface area contributed by atoms with Gasteiger partial charge in [-0.2, -0.15) is 0 Å². The van der Waals surface area contributed by atoms with Gasteiger partial charge in [-0.25, -0.2) is 4.99 Å². The van der Waals surface area contributed by atoms with E-state index in [1.54, 1.807) is 0 Å². The number of carbonyl (C=O) groups is 1. The summed E-state index contributed by atoms with van der Waals surface area (Å²) in [5, 5.41) is 16.8. The number of hydrogen-bond donors (Lipinski definition) is 3. The molecule has 5 heteroatoms. The lowest BCUT2D eigenvalue weighted by molar-refractivity contribution is -0.140. The van der Waals surface area contributed by atoms with E-state index in [1.807, 2.05) is 0 Å². The van der Waals surface area contributed by atoms with Gasteiger partial charge in [0.2, 0.25) is 0 Å². The Morgan fingerprint density at radius 2 is 2.06 bits per heavy atom. The third-order valence-electron chi connectivity index (χ3n) is 5.21. The molecule has 4 fully saturated rings. The maximum atomic E-state index is 11.1. The average molecular weight is 249 g/mol. The van der Waals surface area contributed by atoms with Crippen LogP contribution in [-0.4, -0.2) is 35.2 Å². The molecule has 5 aliphatic rings. The fraction of sp³-hybridized carbons (Fsp3) is 0.846. The molecule has 1 heterocycles. The van der Waals surface area contributed by atoms with Crippen LogP contribution in [0, 0.1) is 17.8 Å². The highest BCUT2D eigenvalue weighted by atomic mass is 16.3. The largest absolute Gasteiger partial charge is 0.390 e. The van der Waals surface area contributed by atoms with Gasteiger partial charge < -0.3 is 10.4 Å². The van der Waals surface area contributed by atoms with Crippen molar-refractivity contribution in [3.05, 3.63) is 0 Å². The minimum atomic E-state index is -0.392.